The van der Waals surface area contributed by atoms with Crippen LogP contribution in [0.1, 0.15) is 12.0 Å². The minimum atomic E-state index is -4.49. The molecule has 0 aliphatic rings. The summed E-state index contributed by atoms with van der Waals surface area (Å²) in [5.41, 5.74) is 7.80. The van der Waals surface area contributed by atoms with Gasteiger partial charge in [0.2, 0.25) is 0 Å². The van der Waals surface area contributed by atoms with E-state index < -0.39 is 31.2 Å². The van der Waals surface area contributed by atoms with Crippen molar-refractivity contribution >= 4 is 48.4 Å². The molecule has 0 fully saturated rings. The maximum atomic E-state index is 11.3. The van der Waals surface area contributed by atoms with Crippen molar-refractivity contribution < 1.29 is 35.2 Å². The Morgan fingerprint density at radius 3 is 2.25 bits per heavy atom. The number of nitrogens with zero attached hydrogens (tertiary/aromatic N) is 2. The molecule has 0 amide bonds. The summed E-state index contributed by atoms with van der Waals surface area (Å²) in [6.07, 6.45) is 0.909. The molecule has 11 nitrogen and oxygen atoms in total. The van der Waals surface area contributed by atoms with Crippen LogP contribution in [-0.2, 0) is 31.1 Å². The Labute approximate surface area is 183 Å². The number of anilines is 1. The smallest absolute Gasteiger partial charge is 0.397 e. The molecule has 0 unspecified atom stereocenters. The molecule has 0 saturated heterocycles. The molecule has 0 radical (unpaired) electrons. The summed E-state index contributed by atoms with van der Waals surface area (Å²) in [4.78, 5) is -0.457. The van der Waals surface area contributed by atoms with Gasteiger partial charge in [-0.2, -0.15) is 21.9 Å². The van der Waals surface area contributed by atoms with E-state index in [1.165, 1.54) is 18.2 Å². The molecule has 3 aromatic rings. The number of fused-ring (bicyclic) bond motifs is 1. The van der Waals surface area contributed by atoms with Gasteiger partial charge in [-0.15, -0.1) is 5.11 Å². The monoisotopic (exact) mass is 481 g/mol. The number of hydrogen-bond donors (Lipinski definition) is 4. The van der Waals surface area contributed by atoms with Crippen LogP contribution < -0.4 is 5.73 Å². The first-order valence-corrected chi connectivity index (χ1v) is 11.9. The van der Waals surface area contributed by atoms with Crippen LogP contribution in [0.5, 0.6) is 5.75 Å². The zero-order chi connectivity index (χ0) is 23.5. The topological polar surface area (TPSA) is 189 Å². The number of nitrogen functional groups attached to an aromatic ring is 1. The Morgan fingerprint density at radius 1 is 0.938 bits per heavy atom. The fraction of sp³-hybridized carbons (Fsp3) is 0.158. The molecule has 170 valence electrons. The van der Waals surface area contributed by atoms with Crippen LogP contribution in [0, 0.1) is 0 Å². The number of nitrogens with two attached hydrogens (primary N) is 1. The summed E-state index contributed by atoms with van der Waals surface area (Å²) in [6.45, 7) is -0.139. The van der Waals surface area contributed by atoms with Gasteiger partial charge >= 0.3 is 10.4 Å². The number of hydrogen-bond acceptors (Lipinski definition) is 9. The van der Waals surface area contributed by atoms with Crippen LogP contribution >= 0.6 is 0 Å². The highest BCUT2D eigenvalue weighted by atomic mass is 32.3. The molecule has 0 atom stereocenters. The van der Waals surface area contributed by atoms with E-state index in [1.807, 2.05) is 0 Å². The van der Waals surface area contributed by atoms with E-state index in [1.54, 1.807) is 24.3 Å². The number of rotatable bonds is 8. The van der Waals surface area contributed by atoms with E-state index >= 15 is 0 Å². The van der Waals surface area contributed by atoms with Crippen LogP contribution in [0.4, 0.5) is 17.1 Å². The average molecular weight is 482 g/mol. The predicted molar refractivity (Wildman–Crippen MR) is 116 cm³/mol. The third-order valence-electron chi connectivity index (χ3n) is 4.44. The minimum Gasteiger partial charge on any atom is -0.507 e. The molecular formula is C19H19N3O8S2. The number of aromatic hydroxyl groups is 1. The molecule has 3 aromatic carbocycles. The van der Waals surface area contributed by atoms with E-state index in [4.69, 9.17) is 10.3 Å². The molecular weight excluding hydrogens is 462 g/mol. The molecule has 0 heterocycles. The summed E-state index contributed by atoms with van der Waals surface area (Å²) >= 11 is 0. The molecule has 13 heteroatoms. The summed E-state index contributed by atoms with van der Waals surface area (Å²) < 4.78 is 65.6. The van der Waals surface area contributed by atoms with Crippen molar-refractivity contribution in [3.05, 3.63) is 54.1 Å². The minimum absolute atomic E-state index is 0.0843. The van der Waals surface area contributed by atoms with Crippen LogP contribution in [0.15, 0.2) is 63.7 Å². The largest absolute Gasteiger partial charge is 0.507 e. The highest BCUT2D eigenvalue weighted by molar-refractivity contribution is 7.85. The lowest BCUT2D eigenvalue weighted by atomic mass is 10.1. The van der Waals surface area contributed by atoms with E-state index in [0.29, 0.717) is 23.9 Å². The van der Waals surface area contributed by atoms with Gasteiger partial charge in [-0.3, -0.25) is 9.11 Å². The summed E-state index contributed by atoms with van der Waals surface area (Å²) in [5, 5.41) is 18.8. The van der Waals surface area contributed by atoms with Crippen LogP contribution in [0.2, 0.25) is 0 Å². The number of phenolic OH excluding ortho intramolecular Hbond substituents is 1. The molecule has 0 aromatic heterocycles. The second-order valence-corrected chi connectivity index (χ2v) is 9.25. The fourth-order valence-electron chi connectivity index (χ4n) is 2.95. The highest BCUT2D eigenvalue weighted by Crippen LogP contribution is 2.38. The maximum absolute atomic E-state index is 11.3. The lowest BCUT2D eigenvalue weighted by molar-refractivity contribution is 0.265. The van der Waals surface area contributed by atoms with Gasteiger partial charge < -0.3 is 10.8 Å². The van der Waals surface area contributed by atoms with Gasteiger partial charge in [-0.25, -0.2) is 4.18 Å². The number of benzene rings is 3. The van der Waals surface area contributed by atoms with Gasteiger partial charge in [0.1, 0.15) is 11.4 Å². The molecule has 0 spiro atoms. The van der Waals surface area contributed by atoms with Gasteiger partial charge in [-0.1, -0.05) is 18.2 Å². The first-order chi connectivity index (χ1) is 14.9. The van der Waals surface area contributed by atoms with Gasteiger partial charge in [-0.05, 0) is 48.1 Å². The summed E-state index contributed by atoms with van der Waals surface area (Å²) in [7, 11) is -8.93. The first-order valence-electron chi connectivity index (χ1n) is 9.09. The standard InChI is InChI=1S/C19H19N3O8S2/c20-19-16(8-5-13-10-15(31(24,25)26)11-17(23)18(13)19)22-21-14-6-3-12(4-7-14)2-1-9-30-32(27,28)29/h3-8,10-11,23H,1-2,9,20H2,(H,24,25,26)(H,27,28,29)/b22-21+. The summed E-state index contributed by atoms with van der Waals surface area (Å²) in [6, 6.07) is 12.0. The van der Waals surface area contributed by atoms with Gasteiger partial charge in [0.05, 0.1) is 22.9 Å². The molecule has 3 rings (SSSR count). The van der Waals surface area contributed by atoms with E-state index in [9.17, 15) is 26.5 Å². The third kappa shape index (κ3) is 5.99. The van der Waals surface area contributed by atoms with Crippen LogP contribution in [0.25, 0.3) is 10.8 Å². The van der Waals surface area contributed by atoms with Crippen molar-refractivity contribution in [1.29, 1.82) is 0 Å². The first kappa shape index (κ1) is 23.6. The quantitative estimate of drug-likeness (QED) is 0.161. The SMILES string of the molecule is Nc1c(/N=N/c2ccc(CCCOS(=O)(=O)O)cc2)ccc2cc(S(=O)(=O)O)cc(O)c12. The second-order valence-electron chi connectivity index (χ2n) is 6.73. The lowest BCUT2D eigenvalue weighted by Gasteiger charge is -2.08. The highest BCUT2D eigenvalue weighted by Gasteiger charge is 2.16. The molecule has 32 heavy (non-hydrogen) atoms. The molecule has 0 bridgehead atoms. The van der Waals surface area contributed by atoms with Crippen molar-refractivity contribution in [2.24, 2.45) is 10.2 Å². The fourth-order valence-corrected chi connectivity index (χ4v) is 3.82. The van der Waals surface area contributed by atoms with E-state index in [0.717, 1.165) is 11.6 Å². The Hall–Kier alpha value is -3.10. The third-order valence-corrected chi connectivity index (χ3v) is 5.73. The molecule has 5 N–H and O–H groups in total. The zero-order valence-electron chi connectivity index (χ0n) is 16.4. The zero-order valence-corrected chi connectivity index (χ0v) is 18.0. The van der Waals surface area contributed by atoms with Gasteiger partial charge in [0.25, 0.3) is 10.1 Å². The van der Waals surface area contributed by atoms with Crippen molar-refractivity contribution in [3.63, 3.8) is 0 Å². The Morgan fingerprint density at radius 2 is 1.62 bits per heavy atom. The van der Waals surface area contributed by atoms with Crippen LogP contribution in [-0.4, -0.2) is 37.7 Å². The lowest BCUT2D eigenvalue weighted by Crippen LogP contribution is -2.05. The van der Waals surface area contributed by atoms with E-state index in [2.05, 4.69) is 14.4 Å². The number of azo groups is 1. The maximum Gasteiger partial charge on any atom is 0.397 e. The molecule has 0 saturated carbocycles. The molecule has 0 aliphatic carbocycles. The average Bonchev–Trinajstić information content (AvgIpc) is 2.70. The number of phenols is 1. The van der Waals surface area contributed by atoms with Crippen molar-refractivity contribution in [2.75, 3.05) is 12.3 Å². The Bertz CT molecular complexity index is 1390. The van der Waals surface area contributed by atoms with Gasteiger partial charge in [0, 0.05) is 11.5 Å². The Kier molecular flexibility index (Phi) is 6.76. The van der Waals surface area contributed by atoms with Crippen molar-refractivity contribution in [3.8, 4) is 5.75 Å². The normalized spacial score (nSPS) is 12.6. The van der Waals surface area contributed by atoms with Crippen molar-refractivity contribution in [1.82, 2.24) is 0 Å². The van der Waals surface area contributed by atoms with E-state index in [-0.39, 0.29) is 23.4 Å². The van der Waals surface area contributed by atoms with Gasteiger partial charge in [0.15, 0.2) is 0 Å². The number of aryl methyl sites for hydroxylation is 1. The summed E-state index contributed by atoms with van der Waals surface area (Å²) in [5.74, 6) is -0.424. The van der Waals surface area contributed by atoms with Crippen molar-refractivity contribution in [2.45, 2.75) is 17.7 Å². The molecule has 0 aliphatic heterocycles. The Balaban J connectivity index is 1.75. The predicted octanol–water partition coefficient (Wildman–Crippen LogP) is 3.54. The van der Waals surface area contributed by atoms with Crippen LogP contribution in [0.3, 0.4) is 0 Å². The second kappa shape index (κ2) is 9.18.